The fourth-order valence-corrected chi connectivity index (χ4v) is 1.10. The SMILES string of the molecule is C=C1NCC(=O)N1C(C)C.[2HH]. The molecule has 1 N–H and O–H groups in total. The molecule has 1 rings (SSSR count). The van der Waals surface area contributed by atoms with Gasteiger partial charge >= 0.3 is 0 Å². The molecule has 0 atom stereocenters. The highest BCUT2D eigenvalue weighted by Crippen LogP contribution is 2.10. The van der Waals surface area contributed by atoms with Crippen LogP contribution in [0.1, 0.15) is 15.3 Å². The number of nitrogens with zero attached hydrogens (tertiary/aromatic N) is 1. The third kappa shape index (κ3) is 0.988. The summed E-state index contributed by atoms with van der Waals surface area (Å²) in [5, 5.41) is 2.88. The van der Waals surface area contributed by atoms with Gasteiger partial charge in [-0.2, -0.15) is 0 Å². The van der Waals surface area contributed by atoms with Crippen LogP contribution in [0.5, 0.6) is 0 Å². The predicted octanol–water partition coefficient (Wildman–Crippen LogP) is 0.544. The minimum absolute atomic E-state index is 0. The van der Waals surface area contributed by atoms with E-state index in [0.29, 0.717) is 6.54 Å². The average molecular weight is 143 g/mol. The van der Waals surface area contributed by atoms with E-state index >= 15 is 0 Å². The fraction of sp³-hybridized carbons (Fsp3) is 0.571. The van der Waals surface area contributed by atoms with Gasteiger partial charge in [-0.3, -0.25) is 9.69 Å². The first-order valence-corrected chi connectivity index (χ1v) is 3.37. The highest BCUT2D eigenvalue weighted by Gasteiger charge is 2.25. The molecular weight excluding hydrogens is 128 g/mol. The quantitative estimate of drug-likeness (QED) is 0.581. The van der Waals surface area contributed by atoms with Crippen LogP contribution in [-0.4, -0.2) is 23.4 Å². The summed E-state index contributed by atoms with van der Waals surface area (Å²) in [5.41, 5.74) is 0. The lowest BCUT2D eigenvalue weighted by Crippen LogP contribution is -2.31. The maximum Gasteiger partial charge on any atom is 0.247 e. The third-order valence-electron chi connectivity index (χ3n) is 1.52. The maximum atomic E-state index is 11.0. The summed E-state index contributed by atoms with van der Waals surface area (Å²) < 4.78 is 0. The van der Waals surface area contributed by atoms with Gasteiger partial charge in [0, 0.05) is 7.47 Å². The van der Waals surface area contributed by atoms with E-state index in [1.807, 2.05) is 13.8 Å². The highest BCUT2D eigenvalue weighted by molar-refractivity contribution is 5.83. The Kier molecular flexibility index (Phi) is 1.66. The normalized spacial score (nSPS) is 18.5. The van der Waals surface area contributed by atoms with E-state index < -0.39 is 0 Å². The standard InChI is InChI=1S/C7H12N2O.H2/c1-5(2)9-6(3)8-4-7(9)10;/h5,8H,3-4H2,1-2H3;1H/i;1+1. The van der Waals surface area contributed by atoms with Gasteiger partial charge in [-0.05, 0) is 13.8 Å². The van der Waals surface area contributed by atoms with Crippen molar-refractivity contribution in [2.24, 2.45) is 0 Å². The number of hydrogen-bond acceptors (Lipinski definition) is 2. The van der Waals surface area contributed by atoms with Crippen molar-refractivity contribution >= 4 is 5.91 Å². The summed E-state index contributed by atoms with van der Waals surface area (Å²) in [4.78, 5) is 12.7. The van der Waals surface area contributed by atoms with E-state index in [4.69, 9.17) is 0 Å². The predicted molar refractivity (Wildman–Crippen MR) is 41.2 cm³/mol. The van der Waals surface area contributed by atoms with Gasteiger partial charge in [0.25, 0.3) is 0 Å². The Hall–Kier alpha value is -0.990. The zero-order chi connectivity index (χ0) is 7.72. The average Bonchev–Trinajstić information content (AvgIpc) is 2.11. The molecule has 0 aromatic heterocycles. The molecule has 0 saturated carbocycles. The van der Waals surface area contributed by atoms with Crippen LogP contribution in [0.3, 0.4) is 0 Å². The van der Waals surface area contributed by atoms with Crippen LogP contribution in [0.2, 0.25) is 0 Å². The van der Waals surface area contributed by atoms with E-state index in [1.165, 1.54) is 0 Å². The Morgan fingerprint density at radius 1 is 1.80 bits per heavy atom. The molecule has 1 saturated heterocycles. The number of rotatable bonds is 1. The second kappa shape index (κ2) is 2.33. The molecule has 1 heterocycles. The molecule has 0 bridgehead atoms. The lowest BCUT2D eigenvalue weighted by Gasteiger charge is -2.19. The Balaban J connectivity index is 0.000001000. The molecule has 58 valence electrons. The molecule has 1 aliphatic heterocycles. The van der Waals surface area contributed by atoms with Gasteiger partial charge in [-0.1, -0.05) is 6.58 Å². The minimum atomic E-state index is 0. The number of hydrogen-bond donors (Lipinski definition) is 1. The van der Waals surface area contributed by atoms with Crippen molar-refractivity contribution in [3.63, 3.8) is 0 Å². The van der Waals surface area contributed by atoms with Gasteiger partial charge in [0.15, 0.2) is 0 Å². The topological polar surface area (TPSA) is 32.3 Å². The molecule has 0 radical (unpaired) electrons. The van der Waals surface area contributed by atoms with Gasteiger partial charge in [0.05, 0.1) is 6.54 Å². The van der Waals surface area contributed by atoms with Crippen molar-refractivity contribution in [1.82, 2.24) is 10.2 Å². The van der Waals surface area contributed by atoms with Crippen LogP contribution in [0.4, 0.5) is 0 Å². The minimum Gasteiger partial charge on any atom is -0.363 e. The number of nitrogens with one attached hydrogen (secondary N) is 1. The van der Waals surface area contributed by atoms with E-state index in [1.54, 1.807) is 4.90 Å². The molecule has 1 aliphatic rings. The molecule has 0 aromatic carbocycles. The van der Waals surface area contributed by atoms with E-state index in [0.717, 1.165) is 5.82 Å². The van der Waals surface area contributed by atoms with Gasteiger partial charge in [-0.25, -0.2) is 0 Å². The van der Waals surface area contributed by atoms with Crippen LogP contribution < -0.4 is 5.32 Å². The van der Waals surface area contributed by atoms with Crippen molar-refractivity contribution < 1.29 is 6.22 Å². The maximum absolute atomic E-state index is 11.0. The molecule has 0 aliphatic carbocycles. The van der Waals surface area contributed by atoms with Gasteiger partial charge < -0.3 is 5.32 Å². The van der Waals surface area contributed by atoms with Crippen molar-refractivity contribution in [3.05, 3.63) is 12.4 Å². The molecule has 0 unspecified atom stereocenters. The molecular formula is C7H14N2O. The summed E-state index contributed by atoms with van der Waals surface area (Å²) >= 11 is 0. The first-order chi connectivity index (χ1) is 4.63. The van der Waals surface area contributed by atoms with Crippen molar-refractivity contribution in [2.45, 2.75) is 19.9 Å². The van der Waals surface area contributed by atoms with Crippen LogP contribution in [0, 0.1) is 0 Å². The number of carbonyl (C=O) groups excluding carboxylic acids is 1. The number of carbonyl (C=O) groups is 1. The summed E-state index contributed by atoms with van der Waals surface area (Å²) in [5.74, 6) is 0.833. The van der Waals surface area contributed by atoms with Crippen LogP contribution in [0.25, 0.3) is 0 Å². The highest BCUT2D eigenvalue weighted by atomic mass is 16.2. The van der Waals surface area contributed by atoms with Crippen LogP contribution >= 0.6 is 0 Å². The van der Waals surface area contributed by atoms with E-state index in [2.05, 4.69) is 11.9 Å². The summed E-state index contributed by atoms with van der Waals surface area (Å²) in [6.45, 7) is 8.04. The Morgan fingerprint density at radius 2 is 2.40 bits per heavy atom. The zero-order valence-electron chi connectivity index (χ0n) is 6.35. The lowest BCUT2D eigenvalue weighted by molar-refractivity contribution is -0.126. The summed E-state index contributed by atoms with van der Waals surface area (Å²) in [7, 11) is 0. The second-order valence-electron chi connectivity index (χ2n) is 2.66. The van der Waals surface area contributed by atoms with Gasteiger partial charge in [-0.15, -0.1) is 0 Å². The largest absolute Gasteiger partial charge is 0.363 e. The van der Waals surface area contributed by atoms with Crippen molar-refractivity contribution in [1.29, 1.82) is 0 Å². The van der Waals surface area contributed by atoms with E-state index in [-0.39, 0.29) is 13.4 Å². The number of amides is 1. The Labute approximate surface area is 62.2 Å². The third-order valence-corrected chi connectivity index (χ3v) is 1.52. The summed E-state index contributed by atoms with van der Waals surface area (Å²) in [6.07, 6.45) is 0. The van der Waals surface area contributed by atoms with Crippen molar-refractivity contribution in [2.75, 3.05) is 6.54 Å². The molecule has 1 amide bonds. The van der Waals surface area contributed by atoms with Gasteiger partial charge in [0.2, 0.25) is 5.91 Å². The Morgan fingerprint density at radius 3 is 2.60 bits per heavy atom. The Bertz CT molecular complexity index is 163. The van der Waals surface area contributed by atoms with Crippen LogP contribution in [-0.2, 0) is 4.79 Å². The molecule has 0 spiro atoms. The van der Waals surface area contributed by atoms with E-state index in [9.17, 15) is 4.79 Å². The summed E-state index contributed by atoms with van der Waals surface area (Å²) in [6, 6.07) is 0.218. The van der Waals surface area contributed by atoms with Crippen LogP contribution in [0.15, 0.2) is 12.4 Å². The first kappa shape index (κ1) is 7.12. The van der Waals surface area contributed by atoms with Gasteiger partial charge in [0.1, 0.15) is 5.82 Å². The first-order valence-electron chi connectivity index (χ1n) is 3.37. The molecule has 0 aromatic rings. The lowest BCUT2D eigenvalue weighted by atomic mass is 10.3. The molecule has 1 fully saturated rings. The second-order valence-corrected chi connectivity index (χ2v) is 2.66. The smallest absolute Gasteiger partial charge is 0.247 e. The molecule has 3 nitrogen and oxygen atoms in total. The molecule has 3 heteroatoms. The zero-order valence-corrected chi connectivity index (χ0v) is 6.35. The molecule has 10 heavy (non-hydrogen) atoms. The van der Waals surface area contributed by atoms with Crippen molar-refractivity contribution in [3.8, 4) is 0 Å². The monoisotopic (exact) mass is 143 g/mol. The fourth-order valence-electron chi connectivity index (χ4n) is 1.10.